The van der Waals surface area contributed by atoms with Gasteiger partial charge in [-0.1, -0.05) is 23.8 Å². The van der Waals surface area contributed by atoms with Crippen molar-refractivity contribution in [2.24, 2.45) is 5.10 Å². The number of nitrogens with zero attached hydrogens (tertiary/aromatic N) is 2. The molecule has 0 aliphatic carbocycles. The van der Waals surface area contributed by atoms with Crippen LogP contribution in [0.5, 0.6) is 17.2 Å². The van der Waals surface area contributed by atoms with E-state index in [9.17, 15) is 8.42 Å². The topological polar surface area (TPSA) is 77.4 Å². The smallest absolute Gasteiger partial charge is 0.279 e. The fraction of sp³-hybridized carbons (Fsp3) is 0.261. The molecular weight excluding hydrogens is 448 g/mol. The first-order chi connectivity index (χ1) is 15.4. The van der Waals surface area contributed by atoms with E-state index in [1.165, 1.54) is 37.1 Å². The predicted molar refractivity (Wildman–Crippen MR) is 125 cm³/mol. The number of hydrogen-bond donors (Lipinski definition) is 0. The third kappa shape index (κ3) is 3.93. The van der Waals surface area contributed by atoms with Crippen LogP contribution >= 0.6 is 11.3 Å². The first-order valence-corrected chi connectivity index (χ1v) is 12.2. The molecule has 0 N–H and O–H groups in total. The number of rotatable bonds is 7. The second-order valence-electron chi connectivity index (χ2n) is 7.29. The van der Waals surface area contributed by atoms with E-state index in [2.05, 4.69) is 5.10 Å². The molecule has 7 nitrogen and oxygen atoms in total. The van der Waals surface area contributed by atoms with Gasteiger partial charge in [-0.05, 0) is 48.2 Å². The van der Waals surface area contributed by atoms with Crippen molar-refractivity contribution in [2.75, 3.05) is 21.3 Å². The van der Waals surface area contributed by atoms with Crippen molar-refractivity contribution >= 4 is 27.1 Å². The molecule has 2 heterocycles. The van der Waals surface area contributed by atoms with Gasteiger partial charge in [-0.2, -0.15) is 17.9 Å². The fourth-order valence-electron chi connectivity index (χ4n) is 3.66. The van der Waals surface area contributed by atoms with Crippen LogP contribution in [0.1, 0.15) is 28.5 Å². The minimum absolute atomic E-state index is 0.191. The normalized spacial score (nSPS) is 16.1. The molecule has 1 aromatic heterocycles. The molecule has 0 amide bonds. The van der Waals surface area contributed by atoms with Gasteiger partial charge < -0.3 is 14.2 Å². The molecule has 0 bridgehead atoms. The lowest BCUT2D eigenvalue weighted by molar-refractivity contribution is 0.319. The van der Waals surface area contributed by atoms with Crippen LogP contribution in [0.25, 0.3) is 0 Å². The summed E-state index contributed by atoms with van der Waals surface area (Å²) in [6.07, 6.45) is 0.421. The van der Waals surface area contributed by atoms with E-state index >= 15 is 0 Å². The SMILES string of the molecule is COc1cc([C@H]2CC(c3cccs3)=NN2S(=O)(=O)c2ccc(C)cc2)cc(OC)c1OC. The number of methoxy groups -OCH3 is 3. The Kier molecular flexibility index (Phi) is 6.12. The Hall–Kier alpha value is -3.04. The Morgan fingerprint density at radius 3 is 2.19 bits per heavy atom. The molecule has 0 saturated heterocycles. The van der Waals surface area contributed by atoms with Gasteiger partial charge in [0.25, 0.3) is 10.0 Å². The maximum atomic E-state index is 13.6. The summed E-state index contributed by atoms with van der Waals surface area (Å²) in [6, 6.07) is 13.6. The van der Waals surface area contributed by atoms with E-state index in [-0.39, 0.29) is 4.90 Å². The van der Waals surface area contributed by atoms with E-state index in [1.54, 1.807) is 36.4 Å². The van der Waals surface area contributed by atoms with Crippen molar-refractivity contribution in [1.29, 1.82) is 0 Å². The van der Waals surface area contributed by atoms with Crippen LogP contribution in [0.15, 0.2) is 63.9 Å². The minimum Gasteiger partial charge on any atom is -0.493 e. The Balaban J connectivity index is 1.84. The number of thiophene rings is 1. The Morgan fingerprint density at radius 1 is 1.00 bits per heavy atom. The second-order valence-corrected chi connectivity index (χ2v) is 10.0. The summed E-state index contributed by atoms with van der Waals surface area (Å²) in [6.45, 7) is 1.91. The fourth-order valence-corrected chi connectivity index (χ4v) is 5.82. The summed E-state index contributed by atoms with van der Waals surface area (Å²) in [4.78, 5) is 1.13. The summed E-state index contributed by atoms with van der Waals surface area (Å²) in [5, 5.41) is 6.52. The third-order valence-electron chi connectivity index (χ3n) is 5.32. The van der Waals surface area contributed by atoms with Crippen LogP contribution in [0.2, 0.25) is 0 Å². The zero-order chi connectivity index (χ0) is 22.9. The number of aryl methyl sites for hydroxylation is 1. The Labute approximate surface area is 191 Å². The molecule has 1 atom stereocenters. The van der Waals surface area contributed by atoms with Gasteiger partial charge >= 0.3 is 0 Å². The molecule has 9 heteroatoms. The van der Waals surface area contributed by atoms with Gasteiger partial charge in [0.1, 0.15) is 0 Å². The lowest BCUT2D eigenvalue weighted by Gasteiger charge is -2.25. The van der Waals surface area contributed by atoms with E-state index < -0.39 is 16.1 Å². The highest BCUT2D eigenvalue weighted by Gasteiger charge is 2.38. The first kappa shape index (κ1) is 22.2. The molecule has 3 aromatic rings. The van der Waals surface area contributed by atoms with E-state index in [1.807, 2.05) is 24.4 Å². The predicted octanol–water partition coefficient (Wildman–Crippen LogP) is 4.62. The van der Waals surface area contributed by atoms with Crippen LogP contribution in [0.4, 0.5) is 0 Å². The van der Waals surface area contributed by atoms with Gasteiger partial charge in [0.2, 0.25) is 5.75 Å². The van der Waals surface area contributed by atoms with Gasteiger partial charge in [-0.15, -0.1) is 11.3 Å². The zero-order valence-corrected chi connectivity index (χ0v) is 19.9. The van der Waals surface area contributed by atoms with Crippen molar-refractivity contribution in [1.82, 2.24) is 4.41 Å². The maximum Gasteiger partial charge on any atom is 0.279 e. The van der Waals surface area contributed by atoms with Crippen LogP contribution in [0, 0.1) is 6.92 Å². The quantitative estimate of drug-likeness (QED) is 0.501. The highest BCUT2D eigenvalue weighted by molar-refractivity contribution is 7.89. The number of ether oxygens (including phenoxy) is 3. The van der Waals surface area contributed by atoms with Crippen molar-refractivity contribution in [2.45, 2.75) is 24.3 Å². The lowest BCUT2D eigenvalue weighted by atomic mass is 10.0. The zero-order valence-electron chi connectivity index (χ0n) is 18.2. The molecule has 0 fully saturated rings. The average molecular weight is 473 g/mol. The molecule has 1 aliphatic heterocycles. The maximum absolute atomic E-state index is 13.6. The molecule has 4 rings (SSSR count). The molecular formula is C23H24N2O5S2. The van der Waals surface area contributed by atoms with E-state index in [0.717, 1.165) is 16.2 Å². The molecule has 0 saturated carbocycles. The Morgan fingerprint density at radius 2 is 1.66 bits per heavy atom. The number of sulfonamides is 1. The summed E-state index contributed by atoms with van der Waals surface area (Å²) in [5.41, 5.74) is 2.40. The summed E-state index contributed by atoms with van der Waals surface area (Å²) in [7, 11) is 0.699. The number of hydrazone groups is 1. The summed E-state index contributed by atoms with van der Waals surface area (Å²) < 4.78 is 44.8. The van der Waals surface area contributed by atoms with Crippen LogP contribution in [-0.4, -0.2) is 39.9 Å². The molecule has 32 heavy (non-hydrogen) atoms. The van der Waals surface area contributed by atoms with Gasteiger partial charge in [-0.25, -0.2) is 0 Å². The van der Waals surface area contributed by atoms with Crippen molar-refractivity contribution in [3.8, 4) is 17.2 Å². The number of benzene rings is 2. The monoisotopic (exact) mass is 472 g/mol. The third-order valence-corrected chi connectivity index (χ3v) is 7.93. The average Bonchev–Trinajstić information content (AvgIpc) is 3.48. The molecule has 0 spiro atoms. The highest BCUT2D eigenvalue weighted by Crippen LogP contribution is 2.44. The van der Waals surface area contributed by atoms with Gasteiger partial charge in [0.15, 0.2) is 11.5 Å². The standard InChI is InChI=1S/C23H24N2O5S2/c1-15-7-9-17(10-8-15)32(26,27)25-19(14-18(24-25)22-6-5-11-31-22)16-12-20(28-2)23(30-4)21(13-16)29-3/h5-13,19H,14H2,1-4H3/t19-/m1/s1. The van der Waals surface area contributed by atoms with Gasteiger partial charge in [-0.3, -0.25) is 0 Å². The first-order valence-electron chi connectivity index (χ1n) is 9.91. The number of hydrogen-bond acceptors (Lipinski definition) is 7. The van der Waals surface area contributed by atoms with Crippen molar-refractivity contribution in [3.05, 3.63) is 69.9 Å². The molecule has 0 radical (unpaired) electrons. The van der Waals surface area contributed by atoms with Gasteiger partial charge in [0.05, 0.1) is 42.9 Å². The highest BCUT2D eigenvalue weighted by atomic mass is 32.2. The second kappa shape index (κ2) is 8.84. The Bertz CT molecular complexity index is 1210. The van der Waals surface area contributed by atoms with Crippen molar-refractivity contribution < 1.29 is 22.6 Å². The largest absolute Gasteiger partial charge is 0.493 e. The minimum atomic E-state index is -3.89. The van der Waals surface area contributed by atoms with E-state index in [4.69, 9.17) is 14.2 Å². The van der Waals surface area contributed by atoms with E-state index in [0.29, 0.717) is 29.2 Å². The summed E-state index contributed by atoms with van der Waals surface area (Å²) in [5.74, 6) is 1.36. The molecule has 2 aromatic carbocycles. The summed E-state index contributed by atoms with van der Waals surface area (Å²) >= 11 is 1.53. The molecule has 1 aliphatic rings. The van der Waals surface area contributed by atoms with Crippen LogP contribution in [-0.2, 0) is 10.0 Å². The molecule has 168 valence electrons. The van der Waals surface area contributed by atoms with Crippen LogP contribution < -0.4 is 14.2 Å². The van der Waals surface area contributed by atoms with Crippen LogP contribution in [0.3, 0.4) is 0 Å². The van der Waals surface area contributed by atoms with Gasteiger partial charge in [0, 0.05) is 6.42 Å². The molecule has 0 unspecified atom stereocenters. The van der Waals surface area contributed by atoms with Crippen molar-refractivity contribution in [3.63, 3.8) is 0 Å². The lowest BCUT2D eigenvalue weighted by Crippen LogP contribution is -2.27.